The first-order valence-corrected chi connectivity index (χ1v) is 9.45. The molecule has 1 aliphatic heterocycles. The van der Waals surface area contributed by atoms with Crippen molar-refractivity contribution >= 4 is 45.0 Å². The van der Waals surface area contributed by atoms with Gasteiger partial charge in [0.1, 0.15) is 0 Å². The van der Waals surface area contributed by atoms with Crippen LogP contribution in [-0.4, -0.2) is 42.8 Å². The molecule has 2 aromatic rings. The molecular formula is C20H20BrN3O3. The number of halogens is 1. The molecule has 2 aromatic carbocycles. The van der Waals surface area contributed by atoms with Crippen LogP contribution in [0.25, 0.3) is 0 Å². The predicted molar refractivity (Wildman–Crippen MR) is 108 cm³/mol. The summed E-state index contributed by atoms with van der Waals surface area (Å²) in [5, 5.41) is 2.78. The summed E-state index contributed by atoms with van der Waals surface area (Å²) in [5.74, 6) is -0.491. The maximum atomic E-state index is 12.7. The highest BCUT2D eigenvalue weighted by Gasteiger charge is 2.23. The third-order valence-electron chi connectivity index (χ3n) is 4.35. The summed E-state index contributed by atoms with van der Waals surface area (Å²) in [6.07, 6.45) is 1.36. The fourth-order valence-electron chi connectivity index (χ4n) is 2.99. The average Bonchev–Trinajstić information content (AvgIpc) is 3.09. The van der Waals surface area contributed by atoms with Crippen LogP contribution < -0.4 is 10.2 Å². The van der Waals surface area contributed by atoms with Gasteiger partial charge in [-0.1, -0.05) is 18.2 Å². The Kier molecular flexibility index (Phi) is 5.91. The van der Waals surface area contributed by atoms with Crippen LogP contribution in [0.2, 0.25) is 0 Å². The molecule has 1 N–H and O–H groups in total. The number of para-hydroxylation sites is 1. The second-order valence-corrected chi connectivity index (χ2v) is 7.24. The van der Waals surface area contributed by atoms with E-state index in [1.54, 1.807) is 36.2 Å². The number of amides is 3. The molecule has 6 nitrogen and oxygen atoms in total. The van der Waals surface area contributed by atoms with Crippen LogP contribution in [0.15, 0.2) is 53.0 Å². The maximum absolute atomic E-state index is 12.7. The second-order valence-electron chi connectivity index (χ2n) is 6.39. The molecule has 0 spiro atoms. The van der Waals surface area contributed by atoms with Crippen LogP contribution in [0.1, 0.15) is 23.2 Å². The van der Waals surface area contributed by atoms with Crippen molar-refractivity contribution in [3.8, 4) is 0 Å². The van der Waals surface area contributed by atoms with E-state index in [2.05, 4.69) is 21.2 Å². The molecule has 0 saturated carbocycles. The molecule has 3 rings (SSSR count). The number of carbonyl (C=O) groups excluding carboxylic acids is 3. The minimum Gasteiger partial charge on any atom is -0.332 e. The van der Waals surface area contributed by atoms with Gasteiger partial charge in [-0.2, -0.15) is 0 Å². The van der Waals surface area contributed by atoms with Gasteiger partial charge in [0.2, 0.25) is 11.8 Å². The minimum atomic E-state index is -0.288. The Morgan fingerprint density at radius 2 is 1.96 bits per heavy atom. The zero-order chi connectivity index (χ0) is 19.4. The molecule has 3 amide bonds. The highest BCUT2D eigenvalue weighted by molar-refractivity contribution is 9.10. The first-order valence-electron chi connectivity index (χ1n) is 8.66. The largest absolute Gasteiger partial charge is 0.332 e. The molecule has 1 heterocycles. The number of benzene rings is 2. The van der Waals surface area contributed by atoms with Crippen molar-refractivity contribution in [2.24, 2.45) is 0 Å². The monoisotopic (exact) mass is 429 g/mol. The lowest BCUT2D eigenvalue weighted by atomic mass is 10.1. The van der Waals surface area contributed by atoms with Gasteiger partial charge in [-0.15, -0.1) is 0 Å². The summed E-state index contributed by atoms with van der Waals surface area (Å²) in [7, 11) is 1.58. The Morgan fingerprint density at radius 1 is 1.19 bits per heavy atom. The quantitative estimate of drug-likeness (QED) is 0.792. The third-order valence-corrected chi connectivity index (χ3v) is 5.05. The summed E-state index contributed by atoms with van der Waals surface area (Å²) >= 11 is 3.37. The van der Waals surface area contributed by atoms with Crippen molar-refractivity contribution in [2.45, 2.75) is 12.8 Å². The standard InChI is InChI=1S/C20H20BrN3O3/c1-23(13-18(25)22-17-9-3-2-8-16(17)21)20(27)14-6-4-7-15(12-14)24-11-5-10-19(24)26/h2-4,6-9,12H,5,10-11,13H2,1H3,(H,22,25). The van der Waals surface area contributed by atoms with Crippen LogP contribution in [-0.2, 0) is 9.59 Å². The summed E-state index contributed by atoms with van der Waals surface area (Å²) in [5.41, 5.74) is 1.82. The smallest absolute Gasteiger partial charge is 0.254 e. The Labute approximate surface area is 166 Å². The molecule has 0 aliphatic carbocycles. The number of carbonyl (C=O) groups is 3. The van der Waals surface area contributed by atoms with Crippen molar-refractivity contribution in [1.82, 2.24) is 4.90 Å². The van der Waals surface area contributed by atoms with Crippen molar-refractivity contribution < 1.29 is 14.4 Å². The number of likely N-dealkylation sites (N-methyl/N-ethyl adjacent to an activating group) is 1. The van der Waals surface area contributed by atoms with Crippen molar-refractivity contribution in [3.05, 3.63) is 58.6 Å². The van der Waals surface area contributed by atoms with E-state index in [1.807, 2.05) is 24.3 Å². The molecule has 0 radical (unpaired) electrons. The van der Waals surface area contributed by atoms with E-state index in [-0.39, 0.29) is 24.3 Å². The Balaban J connectivity index is 1.66. The topological polar surface area (TPSA) is 69.7 Å². The van der Waals surface area contributed by atoms with Crippen molar-refractivity contribution in [1.29, 1.82) is 0 Å². The summed E-state index contributed by atoms with van der Waals surface area (Å²) in [6.45, 7) is 0.591. The molecule has 1 fully saturated rings. The first-order chi connectivity index (χ1) is 13.0. The van der Waals surface area contributed by atoms with E-state index in [1.165, 1.54) is 4.90 Å². The fourth-order valence-corrected chi connectivity index (χ4v) is 3.37. The number of hydrogen-bond acceptors (Lipinski definition) is 3. The van der Waals surface area contributed by atoms with E-state index >= 15 is 0 Å². The van der Waals surface area contributed by atoms with Crippen LogP contribution in [0, 0.1) is 0 Å². The van der Waals surface area contributed by atoms with Crippen LogP contribution in [0.3, 0.4) is 0 Å². The molecule has 0 aromatic heterocycles. The lowest BCUT2D eigenvalue weighted by molar-refractivity contribution is -0.117. The van der Waals surface area contributed by atoms with Gasteiger partial charge in [-0.05, 0) is 52.7 Å². The predicted octanol–water partition coefficient (Wildman–Crippen LogP) is 3.29. The lowest BCUT2D eigenvalue weighted by Gasteiger charge is -2.19. The Bertz CT molecular complexity index is 884. The highest BCUT2D eigenvalue weighted by Crippen LogP contribution is 2.23. The number of nitrogens with one attached hydrogen (secondary N) is 1. The molecular weight excluding hydrogens is 410 g/mol. The third kappa shape index (κ3) is 4.54. The summed E-state index contributed by atoms with van der Waals surface area (Å²) in [4.78, 5) is 39.9. The number of hydrogen-bond donors (Lipinski definition) is 1. The van der Waals surface area contributed by atoms with Gasteiger partial charge in [0, 0.05) is 35.7 Å². The van der Waals surface area contributed by atoms with E-state index in [4.69, 9.17) is 0 Å². The van der Waals surface area contributed by atoms with E-state index in [0.29, 0.717) is 24.2 Å². The molecule has 27 heavy (non-hydrogen) atoms. The second kappa shape index (κ2) is 8.35. The van der Waals surface area contributed by atoms with Gasteiger partial charge in [0.15, 0.2) is 0 Å². The number of rotatable bonds is 5. The Morgan fingerprint density at radius 3 is 2.67 bits per heavy atom. The SMILES string of the molecule is CN(CC(=O)Nc1ccccc1Br)C(=O)c1cccc(N2CCCC2=O)c1. The van der Waals surface area contributed by atoms with Gasteiger partial charge in [0.25, 0.3) is 5.91 Å². The maximum Gasteiger partial charge on any atom is 0.254 e. The van der Waals surface area contributed by atoms with Gasteiger partial charge in [-0.25, -0.2) is 0 Å². The van der Waals surface area contributed by atoms with E-state index < -0.39 is 0 Å². The van der Waals surface area contributed by atoms with Gasteiger partial charge < -0.3 is 15.1 Å². The molecule has 0 bridgehead atoms. The minimum absolute atomic E-state index is 0.0702. The van der Waals surface area contributed by atoms with E-state index in [0.717, 1.165) is 16.6 Å². The first kappa shape index (κ1) is 19.1. The fraction of sp³-hybridized carbons (Fsp3) is 0.250. The zero-order valence-electron chi connectivity index (χ0n) is 14.9. The summed E-state index contributed by atoms with van der Waals surface area (Å²) in [6, 6.07) is 14.2. The van der Waals surface area contributed by atoms with Crippen molar-refractivity contribution in [3.63, 3.8) is 0 Å². The van der Waals surface area contributed by atoms with Crippen LogP contribution >= 0.6 is 15.9 Å². The molecule has 1 saturated heterocycles. The lowest BCUT2D eigenvalue weighted by Crippen LogP contribution is -2.35. The number of nitrogens with zero attached hydrogens (tertiary/aromatic N) is 2. The summed E-state index contributed by atoms with van der Waals surface area (Å²) < 4.78 is 0.773. The van der Waals surface area contributed by atoms with Gasteiger partial charge in [-0.3, -0.25) is 14.4 Å². The van der Waals surface area contributed by atoms with Gasteiger partial charge in [0.05, 0.1) is 12.2 Å². The molecule has 0 unspecified atom stereocenters. The molecule has 140 valence electrons. The molecule has 7 heteroatoms. The molecule has 0 atom stereocenters. The Hall–Kier alpha value is -2.67. The van der Waals surface area contributed by atoms with Crippen LogP contribution in [0.5, 0.6) is 0 Å². The molecule has 1 aliphatic rings. The van der Waals surface area contributed by atoms with Gasteiger partial charge >= 0.3 is 0 Å². The average molecular weight is 430 g/mol. The van der Waals surface area contributed by atoms with Crippen molar-refractivity contribution in [2.75, 3.05) is 30.4 Å². The van der Waals surface area contributed by atoms with Crippen LogP contribution in [0.4, 0.5) is 11.4 Å². The normalized spacial score (nSPS) is 13.6. The number of anilines is 2. The zero-order valence-corrected chi connectivity index (χ0v) is 16.5. The highest BCUT2D eigenvalue weighted by atomic mass is 79.9. The van der Waals surface area contributed by atoms with E-state index in [9.17, 15) is 14.4 Å².